The van der Waals surface area contributed by atoms with E-state index in [0.29, 0.717) is 5.41 Å². The standard InChI is InChI=1S/C13H30N2/c1-5-11-15(6-2)12-7-8-13(3,4)9-10-14/h5-12,14H2,1-4H3. The van der Waals surface area contributed by atoms with Crippen molar-refractivity contribution in [2.75, 3.05) is 26.2 Å². The van der Waals surface area contributed by atoms with E-state index in [0.717, 1.165) is 13.0 Å². The molecule has 0 aliphatic carbocycles. The van der Waals surface area contributed by atoms with Gasteiger partial charge in [0.25, 0.3) is 0 Å². The predicted octanol–water partition coefficient (Wildman–Crippen LogP) is 2.87. The molecule has 0 radical (unpaired) electrons. The topological polar surface area (TPSA) is 29.3 Å². The average Bonchev–Trinajstić information content (AvgIpc) is 2.16. The van der Waals surface area contributed by atoms with Crippen LogP contribution in [0.3, 0.4) is 0 Å². The van der Waals surface area contributed by atoms with Gasteiger partial charge in [-0.05, 0) is 57.3 Å². The van der Waals surface area contributed by atoms with Crippen LogP contribution in [-0.2, 0) is 0 Å². The van der Waals surface area contributed by atoms with Crippen molar-refractivity contribution in [3.8, 4) is 0 Å². The molecule has 0 rings (SSSR count). The molecular formula is C13H30N2. The summed E-state index contributed by atoms with van der Waals surface area (Å²) in [5.41, 5.74) is 6.04. The minimum absolute atomic E-state index is 0.431. The third kappa shape index (κ3) is 7.80. The third-order valence-electron chi connectivity index (χ3n) is 3.14. The van der Waals surface area contributed by atoms with E-state index in [4.69, 9.17) is 5.73 Å². The zero-order valence-electron chi connectivity index (χ0n) is 11.2. The lowest BCUT2D eigenvalue weighted by Gasteiger charge is -2.26. The molecule has 0 aromatic rings. The molecule has 0 unspecified atom stereocenters. The van der Waals surface area contributed by atoms with Gasteiger partial charge in [-0.2, -0.15) is 0 Å². The number of hydrogen-bond acceptors (Lipinski definition) is 2. The minimum Gasteiger partial charge on any atom is -0.330 e. The zero-order chi connectivity index (χ0) is 11.7. The molecule has 0 heterocycles. The van der Waals surface area contributed by atoms with Gasteiger partial charge in [0.15, 0.2) is 0 Å². The van der Waals surface area contributed by atoms with Crippen LogP contribution in [0.2, 0.25) is 0 Å². The molecule has 0 aliphatic rings. The Morgan fingerprint density at radius 3 is 2.20 bits per heavy atom. The maximum absolute atomic E-state index is 5.61. The van der Waals surface area contributed by atoms with Crippen molar-refractivity contribution in [2.24, 2.45) is 11.1 Å². The second-order valence-corrected chi connectivity index (χ2v) is 5.24. The summed E-state index contributed by atoms with van der Waals surface area (Å²) >= 11 is 0. The van der Waals surface area contributed by atoms with Gasteiger partial charge in [0, 0.05) is 0 Å². The van der Waals surface area contributed by atoms with Gasteiger partial charge in [-0.25, -0.2) is 0 Å². The molecule has 0 saturated carbocycles. The number of rotatable bonds is 9. The van der Waals surface area contributed by atoms with E-state index in [-0.39, 0.29) is 0 Å². The Bertz CT molecular complexity index is 143. The van der Waals surface area contributed by atoms with Crippen LogP contribution >= 0.6 is 0 Å². The summed E-state index contributed by atoms with van der Waals surface area (Å²) in [5.74, 6) is 0. The number of hydrogen-bond donors (Lipinski definition) is 1. The smallest absolute Gasteiger partial charge is 0.00187 e. The van der Waals surface area contributed by atoms with E-state index < -0.39 is 0 Å². The first-order valence-electron chi connectivity index (χ1n) is 6.48. The van der Waals surface area contributed by atoms with Gasteiger partial charge in [-0.15, -0.1) is 0 Å². The Morgan fingerprint density at radius 2 is 1.73 bits per heavy atom. The van der Waals surface area contributed by atoms with E-state index in [1.807, 2.05) is 0 Å². The van der Waals surface area contributed by atoms with Crippen LogP contribution in [0.15, 0.2) is 0 Å². The Balaban J connectivity index is 3.66. The van der Waals surface area contributed by atoms with E-state index in [2.05, 4.69) is 32.6 Å². The highest BCUT2D eigenvalue weighted by Gasteiger charge is 2.16. The predicted molar refractivity (Wildman–Crippen MR) is 69.1 cm³/mol. The summed E-state index contributed by atoms with van der Waals surface area (Å²) < 4.78 is 0. The van der Waals surface area contributed by atoms with Crippen molar-refractivity contribution in [3.63, 3.8) is 0 Å². The molecule has 2 nitrogen and oxygen atoms in total. The molecule has 2 heteroatoms. The van der Waals surface area contributed by atoms with Crippen LogP contribution in [0.5, 0.6) is 0 Å². The molecule has 0 bridgehead atoms. The number of nitrogens with two attached hydrogens (primary N) is 1. The second kappa shape index (κ2) is 8.12. The third-order valence-corrected chi connectivity index (χ3v) is 3.14. The lowest BCUT2D eigenvalue weighted by Crippen LogP contribution is -2.27. The fraction of sp³-hybridized carbons (Fsp3) is 1.00. The fourth-order valence-corrected chi connectivity index (χ4v) is 2.04. The van der Waals surface area contributed by atoms with E-state index in [1.54, 1.807) is 0 Å². The summed E-state index contributed by atoms with van der Waals surface area (Å²) in [7, 11) is 0. The van der Waals surface area contributed by atoms with Crippen molar-refractivity contribution < 1.29 is 0 Å². The molecule has 0 aliphatic heterocycles. The first kappa shape index (κ1) is 14.9. The molecule has 0 aromatic carbocycles. The van der Waals surface area contributed by atoms with Crippen LogP contribution in [-0.4, -0.2) is 31.1 Å². The van der Waals surface area contributed by atoms with Gasteiger partial charge in [-0.1, -0.05) is 27.7 Å². The zero-order valence-corrected chi connectivity index (χ0v) is 11.2. The molecule has 2 N–H and O–H groups in total. The quantitative estimate of drug-likeness (QED) is 0.639. The van der Waals surface area contributed by atoms with Gasteiger partial charge in [0.2, 0.25) is 0 Å². The summed E-state index contributed by atoms with van der Waals surface area (Å²) in [6.07, 6.45) is 5.01. The van der Waals surface area contributed by atoms with Crippen LogP contribution < -0.4 is 5.73 Å². The summed E-state index contributed by atoms with van der Waals surface area (Å²) in [6, 6.07) is 0. The van der Waals surface area contributed by atoms with E-state index >= 15 is 0 Å². The monoisotopic (exact) mass is 214 g/mol. The van der Waals surface area contributed by atoms with Gasteiger partial charge >= 0.3 is 0 Å². The van der Waals surface area contributed by atoms with Crippen molar-refractivity contribution in [1.82, 2.24) is 4.90 Å². The maximum atomic E-state index is 5.61. The summed E-state index contributed by atoms with van der Waals surface area (Å²) in [5, 5.41) is 0. The first-order chi connectivity index (χ1) is 7.05. The second-order valence-electron chi connectivity index (χ2n) is 5.24. The Morgan fingerprint density at radius 1 is 1.07 bits per heavy atom. The van der Waals surface area contributed by atoms with Crippen molar-refractivity contribution in [1.29, 1.82) is 0 Å². The Kier molecular flexibility index (Phi) is 8.07. The van der Waals surface area contributed by atoms with Crippen LogP contribution in [0.1, 0.15) is 53.4 Å². The normalized spacial score (nSPS) is 12.4. The first-order valence-corrected chi connectivity index (χ1v) is 6.48. The van der Waals surface area contributed by atoms with Crippen LogP contribution in [0.4, 0.5) is 0 Å². The Labute approximate surface area is 96.2 Å². The van der Waals surface area contributed by atoms with Crippen LogP contribution in [0.25, 0.3) is 0 Å². The minimum atomic E-state index is 0.431. The molecule has 0 spiro atoms. The SMILES string of the molecule is CCCN(CC)CCCC(C)(C)CCN. The summed E-state index contributed by atoms with van der Waals surface area (Å²) in [6.45, 7) is 13.7. The van der Waals surface area contributed by atoms with E-state index in [1.165, 1.54) is 38.9 Å². The van der Waals surface area contributed by atoms with Gasteiger partial charge in [0.05, 0.1) is 0 Å². The lowest BCUT2D eigenvalue weighted by molar-refractivity contribution is 0.243. The van der Waals surface area contributed by atoms with E-state index in [9.17, 15) is 0 Å². The van der Waals surface area contributed by atoms with Crippen LogP contribution in [0, 0.1) is 5.41 Å². The fourth-order valence-electron chi connectivity index (χ4n) is 2.04. The molecule has 15 heavy (non-hydrogen) atoms. The van der Waals surface area contributed by atoms with Crippen molar-refractivity contribution in [2.45, 2.75) is 53.4 Å². The molecule has 0 saturated heterocycles. The van der Waals surface area contributed by atoms with Gasteiger partial charge in [-0.3, -0.25) is 0 Å². The molecular weight excluding hydrogens is 184 g/mol. The molecule has 0 amide bonds. The highest BCUT2D eigenvalue weighted by molar-refractivity contribution is 4.70. The summed E-state index contributed by atoms with van der Waals surface area (Å²) in [4.78, 5) is 2.54. The Hall–Kier alpha value is -0.0800. The maximum Gasteiger partial charge on any atom is -0.00187 e. The highest BCUT2D eigenvalue weighted by atomic mass is 15.1. The van der Waals surface area contributed by atoms with Gasteiger partial charge < -0.3 is 10.6 Å². The van der Waals surface area contributed by atoms with Crippen molar-refractivity contribution >= 4 is 0 Å². The van der Waals surface area contributed by atoms with Gasteiger partial charge in [0.1, 0.15) is 0 Å². The molecule has 0 aromatic heterocycles. The molecule has 0 fully saturated rings. The number of nitrogens with zero attached hydrogens (tertiary/aromatic N) is 1. The lowest BCUT2D eigenvalue weighted by atomic mass is 9.84. The molecule has 92 valence electrons. The highest BCUT2D eigenvalue weighted by Crippen LogP contribution is 2.25. The molecule has 0 atom stereocenters. The van der Waals surface area contributed by atoms with Crippen molar-refractivity contribution in [3.05, 3.63) is 0 Å². The largest absolute Gasteiger partial charge is 0.330 e. The average molecular weight is 214 g/mol.